The maximum Gasteiger partial charge on any atom is 0.253 e. The van der Waals surface area contributed by atoms with Gasteiger partial charge in [0.05, 0.1) is 6.54 Å². The number of aromatic nitrogens is 2. The van der Waals surface area contributed by atoms with Gasteiger partial charge in [0.2, 0.25) is 0 Å². The lowest BCUT2D eigenvalue weighted by Gasteiger charge is -2.22. The van der Waals surface area contributed by atoms with E-state index in [0.29, 0.717) is 13.2 Å². The van der Waals surface area contributed by atoms with E-state index in [0.717, 1.165) is 29.4 Å². The normalized spacial score (nSPS) is 11.4. The minimum atomic E-state index is -0.0207. The molecule has 1 aromatic heterocycles. The predicted molar refractivity (Wildman–Crippen MR) is 97.9 cm³/mol. The minimum absolute atomic E-state index is 0.0207. The first-order chi connectivity index (χ1) is 11.3. The molecule has 24 heavy (non-hydrogen) atoms. The maximum atomic E-state index is 12.1. The Labute approximate surface area is 143 Å². The summed E-state index contributed by atoms with van der Waals surface area (Å²) in [6, 6.07) is 9.43. The average molecular weight is 329 g/mol. The molecule has 1 N–H and O–H groups in total. The minimum Gasteiger partial charge on any atom is -0.492 e. The first-order valence-corrected chi connectivity index (χ1v) is 8.37. The molecule has 5 nitrogen and oxygen atoms in total. The van der Waals surface area contributed by atoms with Crippen molar-refractivity contribution in [3.05, 3.63) is 52.2 Å². The number of hydrogen-bond donors (Lipinski definition) is 1. The number of ether oxygens (including phenoxy) is 1. The van der Waals surface area contributed by atoms with E-state index in [2.05, 4.69) is 31.1 Å². The van der Waals surface area contributed by atoms with Crippen molar-refractivity contribution in [1.29, 1.82) is 0 Å². The number of nitrogens with zero attached hydrogens (tertiary/aromatic N) is 2. The molecule has 0 fully saturated rings. The number of anilines is 1. The molecule has 1 heterocycles. The third-order valence-electron chi connectivity index (χ3n) is 3.49. The van der Waals surface area contributed by atoms with Gasteiger partial charge in [0.25, 0.3) is 5.56 Å². The fourth-order valence-electron chi connectivity index (χ4n) is 2.51. The van der Waals surface area contributed by atoms with Gasteiger partial charge in [-0.2, -0.15) is 0 Å². The van der Waals surface area contributed by atoms with Crippen molar-refractivity contribution < 1.29 is 4.74 Å². The van der Waals surface area contributed by atoms with Crippen LogP contribution in [0.5, 0.6) is 5.75 Å². The van der Waals surface area contributed by atoms with Gasteiger partial charge in [-0.05, 0) is 52.0 Å². The molecule has 0 aliphatic carbocycles. The smallest absolute Gasteiger partial charge is 0.253 e. The van der Waals surface area contributed by atoms with Gasteiger partial charge in [0.15, 0.2) is 0 Å². The Morgan fingerprint density at radius 1 is 1.21 bits per heavy atom. The number of benzene rings is 1. The van der Waals surface area contributed by atoms with Gasteiger partial charge < -0.3 is 10.1 Å². The van der Waals surface area contributed by atoms with Crippen molar-refractivity contribution in [1.82, 2.24) is 9.55 Å². The van der Waals surface area contributed by atoms with Crippen LogP contribution in [0.2, 0.25) is 0 Å². The van der Waals surface area contributed by atoms with Gasteiger partial charge in [0.1, 0.15) is 18.2 Å². The van der Waals surface area contributed by atoms with E-state index in [9.17, 15) is 4.79 Å². The largest absolute Gasteiger partial charge is 0.492 e. The molecule has 130 valence electrons. The summed E-state index contributed by atoms with van der Waals surface area (Å²) in [6.45, 7) is 11.1. The van der Waals surface area contributed by atoms with Gasteiger partial charge in [0, 0.05) is 29.4 Å². The Bertz CT molecular complexity index is 728. The van der Waals surface area contributed by atoms with Gasteiger partial charge in [-0.15, -0.1) is 0 Å². The zero-order valence-corrected chi connectivity index (χ0v) is 15.2. The Morgan fingerprint density at radius 3 is 2.46 bits per heavy atom. The summed E-state index contributed by atoms with van der Waals surface area (Å²) in [6.07, 6.45) is 0.726. The molecule has 0 atom stereocenters. The van der Waals surface area contributed by atoms with Crippen LogP contribution in [-0.2, 0) is 13.0 Å². The molecule has 2 rings (SSSR count). The van der Waals surface area contributed by atoms with Crippen molar-refractivity contribution in [3.8, 4) is 5.75 Å². The highest BCUT2D eigenvalue weighted by Gasteiger charge is 2.09. The van der Waals surface area contributed by atoms with Crippen molar-refractivity contribution >= 4 is 5.69 Å². The Hall–Kier alpha value is -2.30. The number of aryl methyl sites for hydroxylation is 2. The summed E-state index contributed by atoms with van der Waals surface area (Å²) >= 11 is 0. The van der Waals surface area contributed by atoms with Crippen molar-refractivity contribution in [2.45, 2.75) is 53.1 Å². The van der Waals surface area contributed by atoms with Gasteiger partial charge in [-0.25, -0.2) is 4.98 Å². The molecule has 0 unspecified atom stereocenters. The number of rotatable bonds is 6. The highest BCUT2D eigenvalue weighted by Crippen LogP contribution is 2.19. The molecular weight excluding hydrogens is 302 g/mol. The summed E-state index contributed by atoms with van der Waals surface area (Å²) in [5, 5.41) is 3.41. The van der Waals surface area contributed by atoms with Crippen LogP contribution in [0.15, 0.2) is 35.1 Å². The number of nitrogens with one attached hydrogen (secondary N) is 1. The van der Waals surface area contributed by atoms with E-state index in [1.54, 1.807) is 10.6 Å². The van der Waals surface area contributed by atoms with Crippen LogP contribution in [-0.4, -0.2) is 21.7 Å². The molecule has 5 heteroatoms. The Morgan fingerprint density at radius 2 is 1.88 bits per heavy atom. The SMILES string of the molecule is CCc1nc(C)cc(=O)n1CCOc1ccc(NC(C)(C)C)cc1. The molecule has 2 aromatic rings. The van der Waals surface area contributed by atoms with Crippen LogP contribution in [0.4, 0.5) is 5.69 Å². The van der Waals surface area contributed by atoms with E-state index < -0.39 is 0 Å². The molecule has 0 saturated carbocycles. The second-order valence-corrected chi connectivity index (χ2v) is 6.91. The van der Waals surface area contributed by atoms with E-state index >= 15 is 0 Å². The first-order valence-electron chi connectivity index (χ1n) is 8.37. The zero-order valence-electron chi connectivity index (χ0n) is 15.2. The second-order valence-electron chi connectivity index (χ2n) is 6.91. The molecule has 1 aromatic carbocycles. The third-order valence-corrected chi connectivity index (χ3v) is 3.49. The van der Waals surface area contributed by atoms with Crippen LogP contribution >= 0.6 is 0 Å². The standard InChI is InChI=1S/C19H27N3O2/c1-6-17-20-14(2)13-18(23)22(17)11-12-24-16-9-7-15(8-10-16)21-19(3,4)5/h7-10,13,21H,6,11-12H2,1-5H3. The second kappa shape index (κ2) is 7.51. The van der Waals surface area contributed by atoms with Crippen LogP contribution in [0.25, 0.3) is 0 Å². The van der Waals surface area contributed by atoms with Gasteiger partial charge >= 0.3 is 0 Å². The topological polar surface area (TPSA) is 56.2 Å². The molecule has 0 bridgehead atoms. The van der Waals surface area contributed by atoms with E-state index in [1.165, 1.54) is 0 Å². The summed E-state index contributed by atoms with van der Waals surface area (Å²) in [5.41, 5.74) is 1.82. The molecular formula is C19H27N3O2. The van der Waals surface area contributed by atoms with Gasteiger partial charge in [-0.1, -0.05) is 6.92 Å². The van der Waals surface area contributed by atoms with E-state index in [1.807, 2.05) is 38.1 Å². The average Bonchev–Trinajstić information content (AvgIpc) is 2.49. The Kier molecular flexibility index (Phi) is 5.65. The van der Waals surface area contributed by atoms with Gasteiger partial charge in [-0.3, -0.25) is 9.36 Å². The molecule has 0 amide bonds. The van der Waals surface area contributed by atoms with Crippen LogP contribution in [0.1, 0.15) is 39.2 Å². The van der Waals surface area contributed by atoms with Crippen molar-refractivity contribution in [3.63, 3.8) is 0 Å². The molecule has 0 saturated heterocycles. The highest BCUT2D eigenvalue weighted by molar-refractivity contribution is 5.47. The quantitative estimate of drug-likeness (QED) is 0.882. The Balaban J connectivity index is 1.96. The van der Waals surface area contributed by atoms with Crippen LogP contribution in [0, 0.1) is 6.92 Å². The van der Waals surface area contributed by atoms with E-state index in [4.69, 9.17) is 4.74 Å². The van der Waals surface area contributed by atoms with Crippen molar-refractivity contribution in [2.75, 3.05) is 11.9 Å². The zero-order chi connectivity index (χ0) is 17.7. The van der Waals surface area contributed by atoms with Crippen molar-refractivity contribution in [2.24, 2.45) is 0 Å². The van der Waals surface area contributed by atoms with Crippen LogP contribution in [0.3, 0.4) is 0 Å². The summed E-state index contributed by atoms with van der Waals surface area (Å²) in [5.74, 6) is 1.59. The summed E-state index contributed by atoms with van der Waals surface area (Å²) in [7, 11) is 0. The summed E-state index contributed by atoms with van der Waals surface area (Å²) < 4.78 is 7.45. The lowest BCUT2D eigenvalue weighted by atomic mass is 10.1. The molecule has 0 aliphatic rings. The first kappa shape index (κ1) is 18.0. The third kappa shape index (κ3) is 5.11. The fraction of sp³-hybridized carbons (Fsp3) is 0.474. The molecule has 0 radical (unpaired) electrons. The molecule has 0 aliphatic heterocycles. The lowest BCUT2D eigenvalue weighted by molar-refractivity contribution is 0.293. The highest BCUT2D eigenvalue weighted by atomic mass is 16.5. The summed E-state index contributed by atoms with van der Waals surface area (Å²) in [4.78, 5) is 16.5. The number of hydrogen-bond acceptors (Lipinski definition) is 4. The van der Waals surface area contributed by atoms with E-state index in [-0.39, 0.29) is 11.1 Å². The maximum absolute atomic E-state index is 12.1. The van der Waals surface area contributed by atoms with Crippen LogP contribution < -0.4 is 15.6 Å². The lowest BCUT2D eigenvalue weighted by Crippen LogP contribution is -2.27. The monoisotopic (exact) mass is 329 g/mol. The molecule has 0 spiro atoms. The predicted octanol–water partition coefficient (Wildman–Crippen LogP) is 3.40. The fourth-order valence-corrected chi connectivity index (χ4v) is 2.51.